The average Bonchev–Trinajstić information content (AvgIpc) is 2.72. The predicted molar refractivity (Wildman–Crippen MR) is 126 cm³/mol. The smallest absolute Gasteiger partial charge is 0.333 e. The van der Waals surface area contributed by atoms with E-state index in [0.717, 1.165) is 0 Å². The quantitative estimate of drug-likeness (QED) is 0.101. The van der Waals surface area contributed by atoms with E-state index < -0.39 is 81.6 Å². The summed E-state index contributed by atoms with van der Waals surface area (Å²) in [5.41, 5.74) is 0. The second kappa shape index (κ2) is 23.5. The van der Waals surface area contributed by atoms with E-state index in [9.17, 15) is 38.4 Å². The maximum absolute atomic E-state index is 10.1. The molecule has 0 saturated heterocycles. The summed E-state index contributed by atoms with van der Waals surface area (Å²) in [6.45, 7) is 0. The second-order valence-electron chi connectivity index (χ2n) is 5.94. The van der Waals surface area contributed by atoms with E-state index in [-0.39, 0.29) is 12.8 Å². The molecule has 0 aromatic heterocycles. The molecule has 0 rings (SSSR count). The molecule has 0 fully saturated rings. The zero-order chi connectivity index (χ0) is 30.5. The average molecular weight is 669 g/mol. The van der Waals surface area contributed by atoms with E-state index in [1.165, 1.54) is 0 Å². The van der Waals surface area contributed by atoms with Gasteiger partial charge in [0.1, 0.15) is 15.6 Å². The predicted octanol–water partition coefficient (Wildman–Crippen LogP) is 1.16. The Kier molecular flexibility index (Phi) is 26.2. The number of halogens is 4. The number of hydrogen-bond donors (Lipinski definition) is 8. The van der Waals surface area contributed by atoms with Crippen molar-refractivity contribution in [3.8, 4) is 0 Å². The largest absolute Gasteiger partial charge is 0.481 e. The van der Waals surface area contributed by atoms with Gasteiger partial charge in [-0.1, -0.05) is 27.5 Å². The van der Waals surface area contributed by atoms with Gasteiger partial charge in [-0.05, 0) is 12.8 Å². The van der Waals surface area contributed by atoms with Gasteiger partial charge in [0.05, 0.1) is 12.8 Å². The van der Waals surface area contributed by atoms with Gasteiger partial charge in [-0.2, -0.15) is 0 Å². The molecular formula is C17H22BrCl3O16. The first kappa shape index (κ1) is 41.2. The van der Waals surface area contributed by atoms with Crippen molar-refractivity contribution in [2.24, 2.45) is 0 Å². The fraction of sp³-hybridized carbons (Fsp3) is 0.529. The van der Waals surface area contributed by atoms with Crippen LogP contribution in [0.25, 0.3) is 0 Å². The SMILES string of the molecule is O=C(O)C(Cl)C(=O)O.O=C(O)CC(Br)C(=O)O.O=C(O)CC(Cl)C(=O)O.O=C(O)CCCC(Cl)C(=O)O. The highest BCUT2D eigenvalue weighted by molar-refractivity contribution is 9.10. The van der Waals surface area contributed by atoms with E-state index in [1.54, 1.807) is 0 Å². The lowest BCUT2D eigenvalue weighted by molar-refractivity contribution is -0.147. The Labute approximate surface area is 230 Å². The molecule has 0 radical (unpaired) electrons. The molecule has 0 spiro atoms. The molecule has 0 aliphatic rings. The van der Waals surface area contributed by atoms with E-state index in [2.05, 4.69) is 15.9 Å². The van der Waals surface area contributed by atoms with Crippen molar-refractivity contribution >= 4 is 98.5 Å². The van der Waals surface area contributed by atoms with Crippen LogP contribution >= 0.6 is 50.7 Å². The van der Waals surface area contributed by atoms with Gasteiger partial charge in [-0.3, -0.25) is 28.8 Å². The van der Waals surface area contributed by atoms with Crippen LogP contribution in [0.1, 0.15) is 32.1 Å². The van der Waals surface area contributed by atoms with Crippen molar-refractivity contribution in [3.63, 3.8) is 0 Å². The van der Waals surface area contributed by atoms with Crippen molar-refractivity contribution in [1.29, 1.82) is 0 Å². The summed E-state index contributed by atoms with van der Waals surface area (Å²) in [6.07, 6.45) is -0.471. The van der Waals surface area contributed by atoms with E-state index in [1.807, 2.05) is 0 Å². The molecular weight excluding hydrogens is 646 g/mol. The zero-order valence-electron chi connectivity index (χ0n) is 18.2. The molecule has 20 heteroatoms. The number of hydrogen-bond acceptors (Lipinski definition) is 8. The lowest BCUT2D eigenvalue weighted by atomic mass is 10.2. The van der Waals surface area contributed by atoms with Gasteiger partial charge < -0.3 is 40.9 Å². The molecule has 0 saturated carbocycles. The third-order valence-electron chi connectivity index (χ3n) is 2.79. The molecule has 0 aliphatic carbocycles. The minimum absolute atomic E-state index is 0.0312. The highest BCUT2D eigenvalue weighted by atomic mass is 79.9. The molecule has 3 unspecified atom stereocenters. The molecule has 0 amide bonds. The number of carboxylic acids is 8. The minimum Gasteiger partial charge on any atom is -0.481 e. The molecule has 0 heterocycles. The number of aliphatic carboxylic acids is 8. The monoisotopic (exact) mass is 666 g/mol. The molecule has 0 bridgehead atoms. The molecule has 0 aromatic rings. The Morgan fingerprint density at radius 2 is 0.919 bits per heavy atom. The van der Waals surface area contributed by atoms with Crippen molar-refractivity contribution < 1.29 is 79.2 Å². The maximum atomic E-state index is 10.1. The van der Waals surface area contributed by atoms with Gasteiger partial charge in [0.2, 0.25) is 5.38 Å². The van der Waals surface area contributed by atoms with Gasteiger partial charge in [-0.25, -0.2) is 9.59 Å². The molecule has 16 nitrogen and oxygen atoms in total. The first-order valence-corrected chi connectivity index (χ1v) is 11.2. The number of carboxylic acid groups (broad SMARTS) is 8. The third-order valence-corrected chi connectivity index (χ3v) is 4.63. The van der Waals surface area contributed by atoms with Crippen molar-refractivity contribution in [3.05, 3.63) is 0 Å². The van der Waals surface area contributed by atoms with Gasteiger partial charge in [0, 0.05) is 6.42 Å². The van der Waals surface area contributed by atoms with E-state index >= 15 is 0 Å². The normalized spacial score (nSPS) is 11.8. The summed E-state index contributed by atoms with van der Waals surface area (Å²) < 4.78 is 0. The van der Waals surface area contributed by atoms with Gasteiger partial charge in [-0.15, -0.1) is 23.2 Å². The first-order chi connectivity index (χ1) is 16.7. The lowest BCUT2D eigenvalue weighted by Crippen LogP contribution is -2.23. The molecule has 214 valence electrons. The number of carbonyl (C=O) groups is 8. The van der Waals surface area contributed by atoms with Crippen molar-refractivity contribution in [2.75, 3.05) is 0 Å². The number of alkyl halides is 4. The zero-order valence-corrected chi connectivity index (χ0v) is 22.1. The third kappa shape index (κ3) is 33.1. The van der Waals surface area contributed by atoms with Crippen molar-refractivity contribution in [2.45, 2.75) is 53.1 Å². The van der Waals surface area contributed by atoms with Crippen LogP contribution in [0, 0.1) is 0 Å². The van der Waals surface area contributed by atoms with Crippen molar-refractivity contribution in [1.82, 2.24) is 0 Å². The van der Waals surface area contributed by atoms with Gasteiger partial charge in [0.25, 0.3) is 0 Å². The summed E-state index contributed by atoms with van der Waals surface area (Å²) in [7, 11) is 0. The summed E-state index contributed by atoms with van der Waals surface area (Å²) in [5.74, 6) is -9.91. The first-order valence-electron chi connectivity index (χ1n) is 9.02. The molecule has 0 aliphatic heterocycles. The molecule has 8 N–H and O–H groups in total. The van der Waals surface area contributed by atoms with Crippen LogP contribution in [0.15, 0.2) is 0 Å². The highest BCUT2D eigenvalue weighted by Crippen LogP contribution is 2.07. The van der Waals surface area contributed by atoms with Gasteiger partial charge in [0.15, 0.2) is 0 Å². The molecule has 0 aromatic carbocycles. The fourth-order valence-corrected chi connectivity index (χ4v) is 1.71. The summed E-state index contributed by atoms with van der Waals surface area (Å²) in [5, 5.41) is 60.2. The molecule has 37 heavy (non-hydrogen) atoms. The van der Waals surface area contributed by atoms with Crippen LogP contribution < -0.4 is 0 Å². The van der Waals surface area contributed by atoms with Crippen LogP contribution in [0.3, 0.4) is 0 Å². The van der Waals surface area contributed by atoms with Gasteiger partial charge >= 0.3 is 47.8 Å². The second-order valence-corrected chi connectivity index (χ2v) is 8.53. The minimum atomic E-state index is -1.82. The van der Waals surface area contributed by atoms with Crippen LogP contribution in [0.2, 0.25) is 0 Å². The molecule has 3 atom stereocenters. The summed E-state index contributed by atoms with van der Waals surface area (Å²) >= 11 is 17.8. The Morgan fingerprint density at radius 3 is 1.08 bits per heavy atom. The fourth-order valence-electron chi connectivity index (χ4n) is 1.14. The van der Waals surface area contributed by atoms with Crippen LogP contribution in [0.4, 0.5) is 0 Å². The Bertz CT molecular complexity index is 759. The number of rotatable bonds is 13. The topological polar surface area (TPSA) is 298 Å². The Balaban J connectivity index is -0.000000198. The maximum Gasteiger partial charge on any atom is 0.333 e. The lowest BCUT2D eigenvalue weighted by Gasteiger charge is -2.00. The van der Waals surface area contributed by atoms with E-state index in [4.69, 9.17) is 75.7 Å². The Hall–Kier alpha value is -2.89. The summed E-state index contributed by atoms with van der Waals surface area (Å²) in [4.78, 5) is 77.7. The Morgan fingerprint density at radius 1 is 0.541 bits per heavy atom. The van der Waals surface area contributed by atoms with Crippen LogP contribution in [0.5, 0.6) is 0 Å². The standard InChI is InChI=1S/C6H9ClO4.C4H5BrO4.C4H5ClO4.C3H3ClO4/c7-4(6(10)11)2-1-3-5(8)9;2*5-2(4(8)9)1-3(6)7;4-1(2(5)6)3(7)8/h4H,1-3H2,(H,8,9)(H,10,11);2*2H,1H2,(H,6,7)(H,8,9);1H,(H,5,6)(H,7,8). The van der Waals surface area contributed by atoms with E-state index in [0.29, 0.717) is 6.42 Å². The van der Waals surface area contributed by atoms with Crippen LogP contribution in [-0.2, 0) is 38.4 Å². The van der Waals surface area contributed by atoms with Crippen LogP contribution in [-0.4, -0.2) is 110 Å². The summed E-state index contributed by atoms with van der Waals surface area (Å²) in [6, 6.07) is 0. The highest BCUT2D eigenvalue weighted by Gasteiger charge is 2.21.